The summed E-state index contributed by atoms with van der Waals surface area (Å²) < 4.78 is 22.8. The Morgan fingerprint density at radius 2 is 1.18 bits per heavy atom. The molecule has 0 bridgehead atoms. The number of nitrogens with zero attached hydrogens (tertiary/aromatic N) is 4. The molecule has 2 N–H and O–H groups in total. The highest BCUT2D eigenvalue weighted by Gasteiger charge is 2.68. The van der Waals surface area contributed by atoms with Crippen LogP contribution >= 0.6 is 0 Å². The Morgan fingerprint density at radius 1 is 0.705 bits per heavy atom. The maximum absolute atomic E-state index is 11.7. The van der Waals surface area contributed by atoms with Crippen molar-refractivity contribution in [2.24, 2.45) is 11.8 Å². The average molecular weight is 647 g/mol. The predicted octanol–water partition coefficient (Wildman–Crippen LogP) is 0.0268. The summed E-state index contributed by atoms with van der Waals surface area (Å²) in [7, 11) is 1.09. The first-order valence-electron chi connectivity index (χ1n) is 13.1. The Bertz CT molecular complexity index is 1110. The molecule has 0 saturated carbocycles. The van der Waals surface area contributed by atoms with Crippen LogP contribution < -0.4 is 0 Å². The van der Waals surface area contributed by atoms with Crippen LogP contribution in [0.25, 0.3) is 0 Å². The highest BCUT2D eigenvalue weighted by Crippen LogP contribution is 2.51. The Balaban J connectivity index is 2.51. The molecule has 2 rings (SSSR count). The minimum Gasteiger partial charge on any atom is -0.387 e. The van der Waals surface area contributed by atoms with Gasteiger partial charge in [0.05, 0.1) is 24.4 Å². The molecule has 22 heteroatoms. The number of aliphatic hydroxyl groups is 2. The largest absolute Gasteiger partial charge is 0.387 e. The van der Waals surface area contributed by atoms with E-state index >= 15 is 0 Å². The van der Waals surface area contributed by atoms with Crippen LogP contribution in [-0.2, 0) is 38.3 Å². The van der Waals surface area contributed by atoms with Crippen molar-refractivity contribution in [2.75, 3.05) is 33.5 Å². The van der Waals surface area contributed by atoms with Gasteiger partial charge in [-0.2, -0.15) is 0 Å². The second-order valence-electron chi connectivity index (χ2n) is 11.9. The number of rotatable bonds is 15. The van der Waals surface area contributed by atoms with Crippen LogP contribution in [-0.4, -0.2) is 110 Å². The van der Waals surface area contributed by atoms with Gasteiger partial charge in [0, 0.05) is 18.9 Å². The summed E-state index contributed by atoms with van der Waals surface area (Å²) in [6.07, 6.45) is -3.19. The van der Waals surface area contributed by atoms with Crippen LogP contribution in [0.4, 0.5) is 0 Å². The van der Waals surface area contributed by atoms with Gasteiger partial charge in [-0.15, -0.1) is 40.5 Å². The molecular weight excluding hydrogens is 608 g/mol. The van der Waals surface area contributed by atoms with Crippen LogP contribution in [0, 0.1) is 52.3 Å². The van der Waals surface area contributed by atoms with Crippen LogP contribution in [0.1, 0.15) is 48.5 Å². The topological polar surface area (TPSA) is 287 Å². The van der Waals surface area contributed by atoms with Crippen LogP contribution in [0.5, 0.6) is 0 Å². The normalized spacial score (nSPS) is 42.1. The van der Waals surface area contributed by atoms with Gasteiger partial charge in [0.15, 0.2) is 17.5 Å². The molecule has 44 heavy (non-hydrogen) atoms. The van der Waals surface area contributed by atoms with E-state index in [-0.39, 0.29) is 0 Å². The number of hydrogen-bond donors (Lipinski definition) is 2. The summed E-state index contributed by atoms with van der Waals surface area (Å²) in [5.74, 6) is -2.49. The van der Waals surface area contributed by atoms with Crippen molar-refractivity contribution < 1.29 is 68.9 Å². The Morgan fingerprint density at radius 3 is 1.64 bits per heavy atom. The molecule has 0 aromatic rings. The van der Waals surface area contributed by atoms with Crippen molar-refractivity contribution in [3.05, 3.63) is 40.5 Å². The third kappa shape index (κ3) is 6.63. The van der Waals surface area contributed by atoms with Crippen LogP contribution in [0.2, 0.25) is 0 Å². The summed E-state index contributed by atoms with van der Waals surface area (Å²) in [4.78, 5) is 63.5. The zero-order valence-corrected chi connectivity index (χ0v) is 25.4. The summed E-state index contributed by atoms with van der Waals surface area (Å²) >= 11 is 0. The zero-order chi connectivity index (χ0) is 34.1. The van der Waals surface area contributed by atoms with Gasteiger partial charge >= 0.3 is 0 Å². The highest BCUT2D eigenvalue weighted by atomic mass is 17.0. The van der Waals surface area contributed by atoms with Gasteiger partial charge in [-0.3, -0.25) is 4.84 Å². The molecule has 22 nitrogen and oxygen atoms in total. The van der Waals surface area contributed by atoms with Gasteiger partial charge in [0.1, 0.15) is 30.5 Å². The molecule has 0 spiro atoms. The second kappa shape index (κ2) is 12.5. The molecule has 0 amide bonds. The fraction of sp³-hybridized carbons (Fsp3) is 1.00. The fourth-order valence-electron chi connectivity index (χ4n) is 5.86. The Hall–Kier alpha value is -3.44. The molecular formula is C22H38N4O18. The minimum absolute atomic E-state index is 0.633. The summed E-state index contributed by atoms with van der Waals surface area (Å²) in [5, 5.41) is 63.5. The fourth-order valence-corrected chi connectivity index (χ4v) is 5.86. The summed E-state index contributed by atoms with van der Waals surface area (Å²) in [5.41, 5.74) is -12.3. The van der Waals surface area contributed by atoms with E-state index < -0.39 is 105 Å². The van der Waals surface area contributed by atoms with E-state index in [4.69, 9.17) is 28.6 Å². The van der Waals surface area contributed by atoms with Crippen LogP contribution in [0.15, 0.2) is 0 Å². The summed E-state index contributed by atoms with van der Waals surface area (Å²) in [6.45, 7) is 5.87. The molecule has 2 aliphatic heterocycles. The first-order chi connectivity index (χ1) is 19.9. The third-order valence-electron chi connectivity index (χ3n) is 9.25. The van der Waals surface area contributed by atoms with Gasteiger partial charge in [0.25, 0.3) is 20.3 Å². The van der Waals surface area contributed by atoms with Gasteiger partial charge in [0.2, 0.25) is 0 Å². The van der Waals surface area contributed by atoms with E-state index in [0.29, 0.717) is 0 Å². The molecule has 2 fully saturated rings. The van der Waals surface area contributed by atoms with E-state index in [0.717, 1.165) is 27.9 Å². The molecule has 2 saturated heterocycles. The average Bonchev–Trinajstić information content (AvgIpc) is 2.88. The zero-order valence-electron chi connectivity index (χ0n) is 25.4. The first kappa shape index (κ1) is 36.8. The van der Waals surface area contributed by atoms with E-state index in [9.17, 15) is 50.7 Å². The monoisotopic (exact) mass is 646 g/mol. The molecule has 254 valence electrons. The maximum Gasteiger partial charge on any atom is 0.295 e. The molecule has 0 aromatic carbocycles. The van der Waals surface area contributed by atoms with Gasteiger partial charge in [-0.1, -0.05) is 6.92 Å². The lowest BCUT2D eigenvalue weighted by Crippen LogP contribution is -2.76. The molecule has 0 radical (unpaired) electrons. The van der Waals surface area contributed by atoms with Crippen molar-refractivity contribution in [3.8, 4) is 0 Å². The number of methoxy groups -OCH3 is 1. The molecule has 0 aliphatic carbocycles. The Labute approximate surface area is 249 Å². The minimum atomic E-state index is -2.31. The first-order valence-corrected chi connectivity index (χ1v) is 13.1. The number of ether oxygens (including phenoxy) is 4. The lowest BCUT2D eigenvalue weighted by Gasteiger charge is -2.59. The molecule has 0 aromatic heterocycles. The van der Waals surface area contributed by atoms with Crippen molar-refractivity contribution in [1.82, 2.24) is 0 Å². The van der Waals surface area contributed by atoms with Crippen molar-refractivity contribution in [2.45, 2.75) is 94.5 Å². The van der Waals surface area contributed by atoms with Crippen LogP contribution in [0.3, 0.4) is 0 Å². The SMILES string of the molecule is COC1OC(C)(CO[N+](=O)[O-])C(COCC2OC(C)(CO[N+](=O)[O-])C(C)C(C)(O)C2(C)O[N+](=O)[O-])C(C)(O)C1(C)O[N+](=O)[O-]. The van der Waals surface area contributed by atoms with E-state index in [1.54, 1.807) is 0 Å². The van der Waals surface area contributed by atoms with E-state index in [1.165, 1.54) is 27.7 Å². The molecule has 2 heterocycles. The van der Waals surface area contributed by atoms with Gasteiger partial charge in [-0.25, -0.2) is 0 Å². The smallest absolute Gasteiger partial charge is 0.295 e. The molecule has 10 unspecified atom stereocenters. The van der Waals surface area contributed by atoms with Gasteiger partial charge in [-0.05, 0) is 41.5 Å². The van der Waals surface area contributed by atoms with E-state index in [2.05, 4.69) is 9.68 Å². The predicted molar refractivity (Wildman–Crippen MR) is 137 cm³/mol. The molecule has 2 aliphatic rings. The highest BCUT2D eigenvalue weighted by molar-refractivity contribution is 5.13. The second-order valence-corrected chi connectivity index (χ2v) is 11.9. The molecule has 10 atom stereocenters. The lowest BCUT2D eigenvalue weighted by molar-refractivity contribution is -0.795. The van der Waals surface area contributed by atoms with Crippen molar-refractivity contribution in [3.63, 3.8) is 0 Å². The Kier molecular flexibility index (Phi) is 10.5. The quantitative estimate of drug-likeness (QED) is 0.175. The van der Waals surface area contributed by atoms with Crippen molar-refractivity contribution >= 4 is 0 Å². The van der Waals surface area contributed by atoms with E-state index in [1.807, 2.05) is 0 Å². The lowest BCUT2D eigenvalue weighted by atomic mass is 9.65. The van der Waals surface area contributed by atoms with Gasteiger partial charge < -0.3 is 43.7 Å². The maximum atomic E-state index is 11.7. The van der Waals surface area contributed by atoms with Crippen molar-refractivity contribution in [1.29, 1.82) is 0 Å². The summed E-state index contributed by atoms with van der Waals surface area (Å²) in [6, 6.07) is 0. The number of hydrogen-bond acceptors (Lipinski definition) is 18. The standard InChI is InChI=1S/C22H38N4O18/c1-13-17(2,11-39-23(29)30)41-15(21(6,19(13,4)27)43-25(33)34)10-38-9-14-18(3,12-40-24(31)32)42-16(37-8)22(7,20(14,5)28)44-26(35)36/h13-16,27-28H,9-12H2,1-8H3. The third-order valence-corrected chi connectivity index (χ3v) is 9.25.